The van der Waals surface area contributed by atoms with Gasteiger partial charge in [-0.1, -0.05) is 194 Å². The van der Waals surface area contributed by atoms with E-state index in [9.17, 15) is 0 Å². The number of rotatable bonds is 13. The first-order valence-electron chi connectivity index (χ1n) is 28.2. The summed E-state index contributed by atoms with van der Waals surface area (Å²) in [4.78, 5) is 4.67. The molecule has 0 saturated heterocycles. The fourth-order valence-electron chi connectivity index (χ4n) is 12.1. The zero-order valence-electron chi connectivity index (χ0n) is 45.8. The van der Waals surface area contributed by atoms with Crippen LogP contribution >= 0.6 is 0 Å². The van der Waals surface area contributed by atoms with Crippen LogP contribution in [0.2, 0.25) is 0 Å². The van der Waals surface area contributed by atoms with Crippen LogP contribution in [0.5, 0.6) is 0 Å². The van der Waals surface area contributed by atoms with Gasteiger partial charge in [-0.3, -0.25) is 0 Å². The van der Waals surface area contributed by atoms with Crippen molar-refractivity contribution in [3.63, 3.8) is 0 Å². The maximum Gasteiger partial charge on any atom is 0.0570 e. The SMILES string of the molecule is Cc1c(-c2ccccc2)n(-c2ccc(N(c3ccccc3)c3ccc(-c4ccccc4)cc3)cc2)c2ccc(-c3ccc4c(c3)c(C)c(-c3ccccc3)n4-c3ccc(N(c4ccccc4)c4ccc(-c5ccccc5)cc4)cc3)cc12. The summed E-state index contributed by atoms with van der Waals surface area (Å²) in [5.74, 6) is 0. The second-order valence-electron chi connectivity index (χ2n) is 21.0. The van der Waals surface area contributed by atoms with Gasteiger partial charge in [0, 0.05) is 56.3 Å². The Hall–Kier alpha value is -10.7. The molecule has 0 aliphatic carbocycles. The van der Waals surface area contributed by atoms with Gasteiger partial charge in [0.25, 0.3) is 0 Å². The van der Waals surface area contributed by atoms with Crippen LogP contribution in [0.1, 0.15) is 11.1 Å². The molecule has 4 heteroatoms. The Bertz CT molecular complexity index is 4200. The molecule has 0 radical (unpaired) electrons. The normalized spacial score (nSPS) is 11.3. The summed E-state index contributed by atoms with van der Waals surface area (Å²) in [5, 5.41) is 2.45. The Balaban J connectivity index is 0.833. The lowest BCUT2D eigenvalue weighted by Crippen LogP contribution is -2.10. The third-order valence-electron chi connectivity index (χ3n) is 16.1. The number of anilines is 6. The van der Waals surface area contributed by atoms with Crippen molar-refractivity contribution in [1.29, 1.82) is 0 Å². The van der Waals surface area contributed by atoms with Gasteiger partial charge >= 0.3 is 0 Å². The molecule has 2 heterocycles. The van der Waals surface area contributed by atoms with E-state index in [2.05, 4.69) is 348 Å². The number of para-hydroxylation sites is 2. The highest BCUT2D eigenvalue weighted by atomic mass is 15.1. The monoisotopic (exact) mass is 1050 g/mol. The summed E-state index contributed by atoms with van der Waals surface area (Å²) in [6.07, 6.45) is 0. The van der Waals surface area contributed by atoms with Gasteiger partial charge in [0.15, 0.2) is 0 Å². The van der Waals surface area contributed by atoms with E-state index in [1.54, 1.807) is 0 Å². The van der Waals surface area contributed by atoms with E-state index in [0.29, 0.717) is 0 Å². The number of fused-ring (bicyclic) bond motifs is 2. The molecule has 0 amide bonds. The molecule has 4 nitrogen and oxygen atoms in total. The molecule has 14 rings (SSSR count). The average molecular weight is 1050 g/mol. The van der Waals surface area contributed by atoms with Crippen LogP contribution < -0.4 is 9.80 Å². The highest BCUT2D eigenvalue weighted by molar-refractivity contribution is 6.00. The van der Waals surface area contributed by atoms with Gasteiger partial charge in [-0.15, -0.1) is 0 Å². The Labute approximate surface area is 480 Å². The van der Waals surface area contributed by atoms with Gasteiger partial charge in [-0.2, -0.15) is 0 Å². The van der Waals surface area contributed by atoms with Gasteiger partial charge in [0.05, 0.1) is 22.4 Å². The Morgan fingerprint density at radius 3 is 0.780 bits per heavy atom. The van der Waals surface area contributed by atoms with Crippen LogP contribution in [0.4, 0.5) is 34.1 Å². The smallest absolute Gasteiger partial charge is 0.0570 e. The summed E-state index contributed by atoms with van der Waals surface area (Å²) in [5.41, 5.74) is 25.5. The summed E-state index contributed by atoms with van der Waals surface area (Å²) in [6, 6.07) is 114. The van der Waals surface area contributed by atoms with E-state index in [1.807, 2.05) is 0 Å². The molecule has 2 aromatic heterocycles. The number of nitrogens with zero attached hydrogens (tertiary/aromatic N) is 4. The highest BCUT2D eigenvalue weighted by Crippen LogP contribution is 2.44. The molecule has 0 N–H and O–H groups in total. The number of benzene rings is 12. The minimum atomic E-state index is 1.09. The summed E-state index contributed by atoms with van der Waals surface area (Å²) in [6.45, 7) is 4.56. The topological polar surface area (TPSA) is 16.3 Å². The van der Waals surface area contributed by atoms with Crippen LogP contribution in [-0.4, -0.2) is 9.13 Å². The first-order chi connectivity index (χ1) is 40.5. The van der Waals surface area contributed by atoms with Gasteiger partial charge < -0.3 is 18.9 Å². The molecule has 12 aromatic carbocycles. The predicted molar refractivity (Wildman–Crippen MR) is 346 cm³/mol. The lowest BCUT2D eigenvalue weighted by Gasteiger charge is -2.26. The quantitative estimate of drug-likeness (QED) is 0.114. The predicted octanol–water partition coefficient (Wildman–Crippen LogP) is 21.5. The molecule has 0 unspecified atom stereocenters. The van der Waals surface area contributed by atoms with Crippen LogP contribution in [0.25, 0.3) is 89.1 Å². The zero-order chi connectivity index (χ0) is 54.9. The fourth-order valence-corrected chi connectivity index (χ4v) is 12.1. The number of aromatic nitrogens is 2. The fraction of sp³-hybridized carbons (Fsp3) is 0.0256. The highest BCUT2D eigenvalue weighted by Gasteiger charge is 2.23. The third-order valence-corrected chi connectivity index (χ3v) is 16.1. The standard InChI is InChI=1S/C78H58N4/c1-55-73-53-63(37-51-75(73)81(77(55)61-25-13-5-14-26-61)71-47-43-69(44-48-71)79(65-29-17-7-18-30-65)67-39-33-59(34-40-67)57-21-9-3-10-22-57)64-38-52-76-74(54-64)56(2)78(62-27-15-6-16-28-62)82(76)72-49-45-70(46-50-72)80(66-31-19-8-20-32-66)68-41-35-60(36-42-68)58-23-11-4-12-24-58/h3-54H,1-2H3. The molecular formula is C78H58N4. The molecule has 390 valence electrons. The Morgan fingerprint density at radius 1 is 0.220 bits per heavy atom. The van der Waals surface area contributed by atoms with E-state index >= 15 is 0 Å². The summed E-state index contributed by atoms with van der Waals surface area (Å²) >= 11 is 0. The lowest BCUT2D eigenvalue weighted by molar-refractivity contribution is 1.12. The minimum absolute atomic E-state index is 1.09. The molecule has 0 aliphatic heterocycles. The average Bonchev–Trinajstić information content (AvgIpc) is 4.19. The van der Waals surface area contributed by atoms with Crippen LogP contribution in [0.3, 0.4) is 0 Å². The molecule has 0 fully saturated rings. The lowest BCUT2D eigenvalue weighted by atomic mass is 9.99. The van der Waals surface area contributed by atoms with Crippen LogP contribution in [-0.2, 0) is 0 Å². The largest absolute Gasteiger partial charge is 0.311 e. The van der Waals surface area contributed by atoms with E-state index in [0.717, 1.165) is 56.5 Å². The van der Waals surface area contributed by atoms with Crippen molar-refractivity contribution in [2.24, 2.45) is 0 Å². The maximum atomic E-state index is 2.45. The van der Waals surface area contributed by atoms with Crippen LogP contribution in [0, 0.1) is 13.8 Å². The van der Waals surface area contributed by atoms with Crippen molar-refractivity contribution in [2.45, 2.75) is 13.8 Å². The van der Waals surface area contributed by atoms with E-state index in [1.165, 1.54) is 77.8 Å². The number of hydrogen-bond acceptors (Lipinski definition) is 2. The molecule has 0 saturated carbocycles. The van der Waals surface area contributed by atoms with Crippen molar-refractivity contribution in [2.75, 3.05) is 9.80 Å². The molecule has 0 bridgehead atoms. The first kappa shape index (κ1) is 49.6. The zero-order valence-corrected chi connectivity index (χ0v) is 45.8. The molecule has 0 aliphatic rings. The van der Waals surface area contributed by atoms with Gasteiger partial charge in [-0.25, -0.2) is 0 Å². The number of aryl methyl sites for hydroxylation is 2. The molecular weight excluding hydrogens is 993 g/mol. The maximum absolute atomic E-state index is 2.45. The van der Waals surface area contributed by atoms with E-state index in [-0.39, 0.29) is 0 Å². The molecule has 14 aromatic rings. The second-order valence-corrected chi connectivity index (χ2v) is 21.0. The Morgan fingerprint density at radius 2 is 0.463 bits per heavy atom. The summed E-state index contributed by atoms with van der Waals surface area (Å²) in [7, 11) is 0. The van der Waals surface area contributed by atoms with Gasteiger partial charge in [-0.05, 0) is 191 Å². The second kappa shape index (κ2) is 21.5. The van der Waals surface area contributed by atoms with Crippen molar-refractivity contribution in [1.82, 2.24) is 9.13 Å². The minimum Gasteiger partial charge on any atom is -0.311 e. The van der Waals surface area contributed by atoms with Crippen molar-refractivity contribution >= 4 is 55.9 Å². The van der Waals surface area contributed by atoms with Crippen molar-refractivity contribution < 1.29 is 0 Å². The molecule has 0 spiro atoms. The van der Waals surface area contributed by atoms with E-state index < -0.39 is 0 Å². The summed E-state index contributed by atoms with van der Waals surface area (Å²) < 4.78 is 4.89. The van der Waals surface area contributed by atoms with Crippen LogP contribution in [0.15, 0.2) is 315 Å². The van der Waals surface area contributed by atoms with E-state index in [4.69, 9.17) is 0 Å². The number of hydrogen-bond donors (Lipinski definition) is 0. The third kappa shape index (κ3) is 9.22. The first-order valence-corrected chi connectivity index (χ1v) is 28.2. The molecule has 82 heavy (non-hydrogen) atoms. The Kier molecular flexibility index (Phi) is 13.0. The van der Waals surface area contributed by atoms with Crippen molar-refractivity contribution in [3.8, 4) is 67.3 Å². The van der Waals surface area contributed by atoms with Gasteiger partial charge in [0.2, 0.25) is 0 Å². The molecule has 0 atom stereocenters. The van der Waals surface area contributed by atoms with Crippen molar-refractivity contribution in [3.05, 3.63) is 327 Å². The van der Waals surface area contributed by atoms with Gasteiger partial charge in [0.1, 0.15) is 0 Å².